The van der Waals surface area contributed by atoms with Crippen molar-refractivity contribution in [3.05, 3.63) is 0 Å². The molecule has 1 rings (SSSR count). The average Bonchev–Trinajstić information content (AvgIpc) is 2.29. The molecule has 0 aromatic rings. The third-order valence-corrected chi connectivity index (χ3v) is 4.13. The molecule has 2 N–H and O–H groups in total. The van der Waals surface area contributed by atoms with Crippen LogP contribution in [0.2, 0.25) is 0 Å². The maximum atomic E-state index is 6.37. The molecular weight excluding hydrogens is 184 g/mol. The Labute approximate surface area is 95.2 Å². The molecule has 0 bridgehead atoms. The molecule has 15 heavy (non-hydrogen) atoms. The van der Waals surface area contributed by atoms with E-state index < -0.39 is 0 Å². The molecule has 1 saturated heterocycles. The zero-order valence-electron chi connectivity index (χ0n) is 10.8. The van der Waals surface area contributed by atoms with Gasteiger partial charge in [-0.2, -0.15) is 0 Å². The van der Waals surface area contributed by atoms with Crippen LogP contribution in [-0.4, -0.2) is 30.1 Å². The van der Waals surface area contributed by atoms with Gasteiger partial charge in [-0.05, 0) is 38.1 Å². The molecule has 0 aromatic heterocycles. The second-order valence-electron chi connectivity index (χ2n) is 5.22. The van der Waals surface area contributed by atoms with Gasteiger partial charge in [0.2, 0.25) is 0 Å². The second-order valence-corrected chi connectivity index (χ2v) is 5.22. The predicted octanol–water partition coefficient (Wildman–Crippen LogP) is 2.63. The summed E-state index contributed by atoms with van der Waals surface area (Å²) in [6, 6.07) is 0. The maximum absolute atomic E-state index is 6.37. The molecule has 1 aliphatic heterocycles. The molecule has 1 atom stereocenters. The fourth-order valence-corrected chi connectivity index (χ4v) is 2.55. The van der Waals surface area contributed by atoms with Crippen LogP contribution in [0.1, 0.15) is 52.9 Å². The summed E-state index contributed by atoms with van der Waals surface area (Å²) < 4.78 is 0. The Morgan fingerprint density at radius 2 is 1.93 bits per heavy atom. The molecule has 0 aromatic carbocycles. The Kier molecular flexibility index (Phi) is 5.07. The Hall–Kier alpha value is -0.0800. The first-order valence-corrected chi connectivity index (χ1v) is 6.64. The molecule has 1 heterocycles. The summed E-state index contributed by atoms with van der Waals surface area (Å²) in [7, 11) is 0. The van der Waals surface area contributed by atoms with Gasteiger partial charge in [0.15, 0.2) is 0 Å². The lowest BCUT2D eigenvalue weighted by Crippen LogP contribution is -2.51. The van der Waals surface area contributed by atoms with Crippen LogP contribution in [0.4, 0.5) is 0 Å². The van der Waals surface area contributed by atoms with Gasteiger partial charge in [-0.3, -0.25) is 0 Å². The topological polar surface area (TPSA) is 29.3 Å². The first-order valence-electron chi connectivity index (χ1n) is 6.64. The van der Waals surface area contributed by atoms with Crippen LogP contribution in [0.3, 0.4) is 0 Å². The highest BCUT2D eigenvalue weighted by molar-refractivity contribution is 4.86. The number of likely N-dealkylation sites (tertiary alicyclic amines) is 1. The summed E-state index contributed by atoms with van der Waals surface area (Å²) >= 11 is 0. The van der Waals surface area contributed by atoms with Crippen molar-refractivity contribution in [2.45, 2.75) is 58.4 Å². The van der Waals surface area contributed by atoms with E-state index in [1.54, 1.807) is 0 Å². The van der Waals surface area contributed by atoms with E-state index >= 15 is 0 Å². The highest BCUT2D eigenvalue weighted by atomic mass is 15.2. The van der Waals surface area contributed by atoms with Crippen LogP contribution in [-0.2, 0) is 0 Å². The van der Waals surface area contributed by atoms with Gasteiger partial charge in [-0.25, -0.2) is 0 Å². The highest BCUT2D eigenvalue weighted by Gasteiger charge is 2.26. The van der Waals surface area contributed by atoms with Crippen molar-refractivity contribution in [3.8, 4) is 0 Å². The summed E-state index contributed by atoms with van der Waals surface area (Å²) in [4.78, 5) is 2.59. The summed E-state index contributed by atoms with van der Waals surface area (Å²) in [5, 5.41) is 0. The van der Waals surface area contributed by atoms with E-state index in [9.17, 15) is 0 Å². The van der Waals surface area contributed by atoms with E-state index in [0.717, 1.165) is 25.3 Å². The van der Waals surface area contributed by atoms with Crippen molar-refractivity contribution >= 4 is 0 Å². The number of nitrogens with zero attached hydrogens (tertiary/aromatic N) is 1. The predicted molar refractivity (Wildman–Crippen MR) is 67.0 cm³/mol. The number of piperidine rings is 1. The molecule has 1 aliphatic rings. The summed E-state index contributed by atoms with van der Waals surface area (Å²) in [6.07, 6.45) is 6.30. The molecule has 2 nitrogen and oxygen atoms in total. The third-order valence-electron chi connectivity index (χ3n) is 4.13. The lowest BCUT2D eigenvalue weighted by molar-refractivity contribution is 0.133. The van der Waals surface area contributed by atoms with Crippen LogP contribution in [0.25, 0.3) is 0 Å². The van der Waals surface area contributed by atoms with Crippen molar-refractivity contribution in [1.82, 2.24) is 4.90 Å². The zero-order chi connectivity index (χ0) is 11.3. The van der Waals surface area contributed by atoms with Gasteiger partial charge in [0.05, 0.1) is 0 Å². The van der Waals surface area contributed by atoms with Gasteiger partial charge in [-0.1, -0.05) is 27.2 Å². The van der Waals surface area contributed by atoms with Crippen LogP contribution < -0.4 is 5.73 Å². The number of nitrogens with two attached hydrogens (primary N) is 1. The molecule has 90 valence electrons. The molecule has 0 aliphatic carbocycles. The minimum atomic E-state index is 0.0512. The molecule has 1 unspecified atom stereocenters. The molecule has 2 heteroatoms. The largest absolute Gasteiger partial charge is 0.324 e. The van der Waals surface area contributed by atoms with Crippen LogP contribution >= 0.6 is 0 Å². The molecule has 0 spiro atoms. The summed E-state index contributed by atoms with van der Waals surface area (Å²) in [5.74, 6) is 0.914. The van der Waals surface area contributed by atoms with E-state index in [1.165, 1.54) is 32.4 Å². The highest BCUT2D eigenvalue weighted by Crippen LogP contribution is 2.22. The van der Waals surface area contributed by atoms with E-state index in [2.05, 4.69) is 25.7 Å². The van der Waals surface area contributed by atoms with Crippen LogP contribution in [0, 0.1) is 5.92 Å². The van der Waals surface area contributed by atoms with E-state index in [-0.39, 0.29) is 5.54 Å². The molecule has 0 amide bonds. The smallest absolute Gasteiger partial charge is 0.0278 e. The Balaban J connectivity index is 2.43. The minimum Gasteiger partial charge on any atom is -0.324 e. The van der Waals surface area contributed by atoms with Crippen molar-refractivity contribution in [2.75, 3.05) is 19.6 Å². The fraction of sp³-hybridized carbons (Fsp3) is 1.00. The third kappa shape index (κ3) is 3.76. The number of rotatable bonds is 5. The summed E-state index contributed by atoms with van der Waals surface area (Å²) in [6.45, 7) is 10.4. The van der Waals surface area contributed by atoms with E-state index in [0.29, 0.717) is 0 Å². The average molecular weight is 212 g/mol. The van der Waals surface area contributed by atoms with Crippen molar-refractivity contribution < 1.29 is 0 Å². The Bertz CT molecular complexity index is 175. The Morgan fingerprint density at radius 3 is 2.47 bits per heavy atom. The van der Waals surface area contributed by atoms with Crippen molar-refractivity contribution in [3.63, 3.8) is 0 Å². The first-order chi connectivity index (χ1) is 7.13. The Morgan fingerprint density at radius 1 is 1.27 bits per heavy atom. The monoisotopic (exact) mass is 212 g/mol. The van der Waals surface area contributed by atoms with Gasteiger partial charge in [0, 0.05) is 18.6 Å². The maximum Gasteiger partial charge on any atom is 0.0278 e. The minimum absolute atomic E-state index is 0.0512. The fourth-order valence-electron chi connectivity index (χ4n) is 2.55. The zero-order valence-corrected chi connectivity index (χ0v) is 10.8. The van der Waals surface area contributed by atoms with Gasteiger partial charge in [0.1, 0.15) is 0 Å². The van der Waals surface area contributed by atoms with Gasteiger partial charge < -0.3 is 10.6 Å². The van der Waals surface area contributed by atoms with Gasteiger partial charge in [0.25, 0.3) is 0 Å². The molecule has 0 radical (unpaired) electrons. The van der Waals surface area contributed by atoms with Crippen molar-refractivity contribution in [1.29, 1.82) is 0 Å². The quantitative estimate of drug-likeness (QED) is 0.759. The van der Waals surface area contributed by atoms with Gasteiger partial charge in [-0.15, -0.1) is 0 Å². The molecular formula is C13H28N2. The summed E-state index contributed by atoms with van der Waals surface area (Å²) in [5.41, 5.74) is 6.42. The normalized spacial score (nSPS) is 24.4. The van der Waals surface area contributed by atoms with Gasteiger partial charge >= 0.3 is 0 Å². The second kappa shape index (κ2) is 5.86. The number of hydrogen-bond donors (Lipinski definition) is 1. The lowest BCUT2D eigenvalue weighted by atomic mass is 9.90. The first kappa shape index (κ1) is 13.0. The molecule has 0 saturated carbocycles. The lowest BCUT2D eigenvalue weighted by Gasteiger charge is -2.38. The standard InChI is InChI=1S/C13H28N2/c1-4-12-8-7-9-15(10-12)11-13(14,5-2)6-3/h12H,4-11,14H2,1-3H3. The SMILES string of the molecule is CCC1CCCN(CC(N)(CC)CC)C1. The van der Waals surface area contributed by atoms with E-state index in [1.807, 2.05) is 0 Å². The van der Waals surface area contributed by atoms with E-state index in [4.69, 9.17) is 5.73 Å². The number of hydrogen-bond acceptors (Lipinski definition) is 2. The molecule has 1 fully saturated rings. The van der Waals surface area contributed by atoms with Crippen LogP contribution in [0.15, 0.2) is 0 Å². The van der Waals surface area contributed by atoms with Crippen LogP contribution in [0.5, 0.6) is 0 Å². The van der Waals surface area contributed by atoms with Crippen molar-refractivity contribution in [2.24, 2.45) is 11.7 Å².